The van der Waals surface area contributed by atoms with Gasteiger partial charge in [0.15, 0.2) is 11.5 Å². The molecule has 6 heteroatoms. The second-order valence-electron chi connectivity index (χ2n) is 6.64. The molecule has 2 heterocycles. The van der Waals surface area contributed by atoms with Gasteiger partial charge < -0.3 is 19.7 Å². The molecule has 5 nitrogen and oxygen atoms in total. The number of carbonyl (C=O) groups excluding carboxylic acids is 1. The number of thioether (sulfide) groups is 1. The molecule has 0 aliphatic carbocycles. The van der Waals surface area contributed by atoms with Crippen LogP contribution in [0.1, 0.15) is 25.7 Å². The lowest BCUT2D eigenvalue weighted by molar-refractivity contribution is -0.132. The summed E-state index contributed by atoms with van der Waals surface area (Å²) in [4.78, 5) is 15.5. The number of nitrogens with one attached hydrogen (secondary N) is 1. The largest absolute Gasteiger partial charge is 0.490 e. The Kier molecular flexibility index (Phi) is 6.87. The van der Waals surface area contributed by atoms with Crippen LogP contribution in [0.2, 0.25) is 0 Å². The number of hydrogen-bond acceptors (Lipinski definition) is 5. The molecule has 0 spiro atoms. The van der Waals surface area contributed by atoms with Gasteiger partial charge in [-0.25, -0.2) is 0 Å². The molecule has 1 saturated heterocycles. The Morgan fingerprint density at radius 1 is 1.24 bits per heavy atom. The van der Waals surface area contributed by atoms with E-state index >= 15 is 0 Å². The third-order valence-corrected chi connectivity index (χ3v) is 5.76. The number of rotatable bonds is 6. The minimum absolute atomic E-state index is 0.282. The number of nitrogens with zero attached hydrogens (tertiary/aromatic N) is 1. The lowest BCUT2D eigenvalue weighted by Gasteiger charge is -2.32. The quantitative estimate of drug-likeness (QED) is 0.787. The van der Waals surface area contributed by atoms with Gasteiger partial charge in [0.1, 0.15) is 0 Å². The molecule has 1 aromatic rings. The highest BCUT2D eigenvalue weighted by Crippen LogP contribution is 2.34. The molecule has 1 N–H and O–H groups in total. The van der Waals surface area contributed by atoms with Crippen LogP contribution in [-0.2, 0) is 4.79 Å². The van der Waals surface area contributed by atoms with Crippen LogP contribution in [-0.4, -0.2) is 56.5 Å². The summed E-state index contributed by atoms with van der Waals surface area (Å²) in [6.45, 7) is 4.27. The summed E-state index contributed by atoms with van der Waals surface area (Å²) < 4.78 is 11.4. The van der Waals surface area contributed by atoms with E-state index < -0.39 is 0 Å². The fourth-order valence-electron chi connectivity index (χ4n) is 3.32. The highest BCUT2D eigenvalue weighted by molar-refractivity contribution is 7.99. The van der Waals surface area contributed by atoms with Crippen molar-refractivity contribution < 1.29 is 14.3 Å². The molecule has 1 aromatic carbocycles. The van der Waals surface area contributed by atoms with E-state index in [2.05, 4.69) is 5.32 Å². The Bertz CT molecular complexity index is 574. The van der Waals surface area contributed by atoms with Crippen molar-refractivity contribution in [1.82, 2.24) is 10.2 Å². The zero-order chi connectivity index (χ0) is 17.5. The number of fused-ring (bicyclic) bond motifs is 1. The smallest absolute Gasteiger partial charge is 0.223 e. The zero-order valence-electron chi connectivity index (χ0n) is 15.0. The molecular formula is C19H28N2O3S. The second-order valence-corrected chi connectivity index (χ2v) is 7.81. The normalized spacial score (nSPS) is 18.0. The van der Waals surface area contributed by atoms with Crippen molar-refractivity contribution in [3.63, 3.8) is 0 Å². The molecule has 0 saturated carbocycles. The molecule has 0 aromatic heterocycles. The van der Waals surface area contributed by atoms with Crippen molar-refractivity contribution >= 4 is 17.7 Å². The Balaban J connectivity index is 1.42. The SMILES string of the molecule is CNCC1CCN(C(=O)CCSc2ccc3c(c2)OCCCO3)CC1. The van der Waals surface area contributed by atoms with Crippen LogP contribution in [0.5, 0.6) is 11.5 Å². The molecule has 1 fully saturated rings. The van der Waals surface area contributed by atoms with Crippen molar-refractivity contribution in [2.75, 3.05) is 45.6 Å². The van der Waals surface area contributed by atoms with Gasteiger partial charge >= 0.3 is 0 Å². The average Bonchev–Trinajstić information content (AvgIpc) is 2.87. The van der Waals surface area contributed by atoms with E-state index in [9.17, 15) is 4.79 Å². The van der Waals surface area contributed by atoms with E-state index in [0.717, 1.165) is 61.0 Å². The van der Waals surface area contributed by atoms with Crippen LogP contribution in [0.15, 0.2) is 23.1 Å². The van der Waals surface area contributed by atoms with Gasteiger partial charge in [0.2, 0.25) is 5.91 Å². The number of likely N-dealkylation sites (tertiary alicyclic amines) is 1. The summed E-state index contributed by atoms with van der Waals surface area (Å²) in [7, 11) is 1.99. The van der Waals surface area contributed by atoms with E-state index in [0.29, 0.717) is 25.6 Å². The van der Waals surface area contributed by atoms with E-state index in [4.69, 9.17) is 9.47 Å². The van der Waals surface area contributed by atoms with Crippen LogP contribution < -0.4 is 14.8 Å². The molecule has 0 atom stereocenters. The van der Waals surface area contributed by atoms with Crippen molar-refractivity contribution in [2.45, 2.75) is 30.6 Å². The maximum atomic E-state index is 12.4. The number of piperidine rings is 1. The minimum atomic E-state index is 0.282. The summed E-state index contributed by atoms with van der Waals surface area (Å²) in [6, 6.07) is 6.04. The molecule has 138 valence electrons. The fourth-order valence-corrected chi connectivity index (χ4v) is 4.19. The summed E-state index contributed by atoms with van der Waals surface area (Å²) in [5.74, 6) is 3.44. The average molecular weight is 365 g/mol. The number of benzene rings is 1. The minimum Gasteiger partial charge on any atom is -0.490 e. The van der Waals surface area contributed by atoms with Gasteiger partial charge in [0.05, 0.1) is 13.2 Å². The molecule has 0 radical (unpaired) electrons. The van der Waals surface area contributed by atoms with Crippen LogP contribution >= 0.6 is 11.8 Å². The van der Waals surface area contributed by atoms with Crippen molar-refractivity contribution in [3.05, 3.63) is 18.2 Å². The predicted octanol–water partition coefficient (Wildman–Crippen LogP) is 2.79. The Hall–Kier alpha value is -1.40. The van der Waals surface area contributed by atoms with Gasteiger partial charge in [-0.05, 0) is 50.6 Å². The predicted molar refractivity (Wildman–Crippen MR) is 101 cm³/mol. The fraction of sp³-hybridized carbons (Fsp3) is 0.632. The molecule has 2 aliphatic rings. The first kappa shape index (κ1) is 18.4. The van der Waals surface area contributed by atoms with E-state index in [1.165, 1.54) is 0 Å². The van der Waals surface area contributed by atoms with Gasteiger partial charge in [-0.2, -0.15) is 0 Å². The molecule has 0 unspecified atom stereocenters. The highest BCUT2D eigenvalue weighted by atomic mass is 32.2. The van der Waals surface area contributed by atoms with Gasteiger partial charge in [-0.15, -0.1) is 11.8 Å². The van der Waals surface area contributed by atoms with E-state index in [1.54, 1.807) is 11.8 Å². The Morgan fingerprint density at radius 3 is 2.76 bits per heavy atom. The maximum absolute atomic E-state index is 12.4. The first-order chi connectivity index (χ1) is 12.3. The summed E-state index contributed by atoms with van der Waals surface area (Å²) >= 11 is 1.71. The summed E-state index contributed by atoms with van der Waals surface area (Å²) in [5, 5.41) is 3.23. The zero-order valence-corrected chi connectivity index (χ0v) is 15.8. The maximum Gasteiger partial charge on any atom is 0.223 e. The van der Waals surface area contributed by atoms with E-state index in [1.807, 2.05) is 30.1 Å². The van der Waals surface area contributed by atoms with Crippen molar-refractivity contribution in [1.29, 1.82) is 0 Å². The van der Waals surface area contributed by atoms with Crippen LogP contribution in [0, 0.1) is 5.92 Å². The molecule has 3 rings (SSSR count). The standard InChI is InChI=1S/C19H28N2O3S/c1-20-14-15-5-8-21(9-6-15)19(22)7-12-25-16-3-4-17-18(13-16)24-11-2-10-23-17/h3-4,13,15,20H,2,5-12,14H2,1H3. The lowest BCUT2D eigenvalue weighted by Crippen LogP contribution is -2.40. The number of amides is 1. The monoisotopic (exact) mass is 364 g/mol. The van der Waals surface area contributed by atoms with Gasteiger partial charge in [-0.1, -0.05) is 0 Å². The first-order valence-corrected chi connectivity index (χ1v) is 10.2. The van der Waals surface area contributed by atoms with Gasteiger partial charge in [0, 0.05) is 36.6 Å². The third-order valence-electron chi connectivity index (χ3n) is 4.76. The third kappa shape index (κ3) is 5.28. The van der Waals surface area contributed by atoms with Crippen molar-refractivity contribution in [3.8, 4) is 11.5 Å². The molecule has 0 bridgehead atoms. The van der Waals surface area contributed by atoms with Crippen LogP contribution in [0.25, 0.3) is 0 Å². The first-order valence-electron chi connectivity index (χ1n) is 9.21. The van der Waals surface area contributed by atoms with Crippen LogP contribution in [0.4, 0.5) is 0 Å². The summed E-state index contributed by atoms with van der Waals surface area (Å²) in [6.07, 6.45) is 3.73. The molecule has 1 amide bonds. The second kappa shape index (κ2) is 9.34. The van der Waals surface area contributed by atoms with Gasteiger partial charge in [-0.3, -0.25) is 4.79 Å². The molecule has 2 aliphatic heterocycles. The number of ether oxygens (including phenoxy) is 2. The summed E-state index contributed by atoms with van der Waals surface area (Å²) in [5.41, 5.74) is 0. The van der Waals surface area contributed by atoms with E-state index in [-0.39, 0.29) is 5.91 Å². The Morgan fingerprint density at radius 2 is 2.00 bits per heavy atom. The topological polar surface area (TPSA) is 50.8 Å². The number of carbonyl (C=O) groups is 1. The molecule has 25 heavy (non-hydrogen) atoms. The highest BCUT2D eigenvalue weighted by Gasteiger charge is 2.22. The number of hydrogen-bond donors (Lipinski definition) is 1. The Labute approximate surface area is 154 Å². The molecular weight excluding hydrogens is 336 g/mol. The lowest BCUT2D eigenvalue weighted by atomic mass is 9.97. The van der Waals surface area contributed by atoms with Gasteiger partial charge in [0.25, 0.3) is 0 Å². The van der Waals surface area contributed by atoms with Crippen molar-refractivity contribution in [2.24, 2.45) is 5.92 Å². The van der Waals surface area contributed by atoms with Crippen LogP contribution in [0.3, 0.4) is 0 Å².